The molecule has 0 atom stereocenters. The number of carboxylic acid groups (broad SMARTS) is 1. The normalized spacial score (nSPS) is 13.8. The molecule has 0 aromatic carbocycles. The van der Waals surface area contributed by atoms with Crippen molar-refractivity contribution >= 4 is 34.0 Å². The number of hydrogen-bond acceptors (Lipinski definition) is 5. The van der Waals surface area contributed by atoms with Crippen molar-refractivity contribution in [1.82, 2.24) is 0 Å². The highest BCUT2D eigenvalue weighted by Crippen LogP contribution is 2.36. The lowest BCUT2D eigenvalue weighted by Gasteiger charge is -2.13. The molecule has 96 valence electrons. The maximum absolute atomic E-state index is 11.2. The summed E-state index contributed by atoms with van der Waals surface area (Å²) >= 11 is 1.19. The third-order valence-corrected chi connectivity index (χ3v) is 3.63. The van der Waals surface area contributed by atoms with Crippen molar-refractivity contribution in [3.8, 4) is 0 Å². The number of nitrogens with two attached hydrogens (primary N) is 1. The van der Waals surface area contributed by atoms with Gasteiger partial charge < -0.3 is 20.9 Å². The van der Waals surface area contributed by atoms with Gasteiger partial charge in [0, 0.05) is 4.88 Å². The number of fused-ring (bicyclic) bond motifs is 1. The van der Waals surface area contributed by atoms with Crippen LogP contribution in [0.5, 0.6) is 0 Å². The Morgan fingerprint density at radius 1 is 1.50 bits per heavy atom. The molecule has 18 heavy (non-hydrogen) atoms. The lowest BCUT2D eigenvalue weighted by molar-refractivity contribution is -0.147. The number of carbonyl (C=O) groups is 2. The fourth-order valence-electron chi connectivity index (χ4n) is 1.76. The Bertz CT molecular complexity index is 537. The average molecular weight is 269 g/mol. The Kier molecular flexibility index (Phi) is 3.30. The number of thiophene rings is 1. The summed E-state index contributed by atoms with van der Waals surface area (Å²) < 4.78 is 5.27. The van der Waals surface area contributed by atoms with Crippen LogP contribution >= 0.6 is 11.3 Å². The molecule has 1 aliphatic heterocycles. The van der Waals surface area contributed by atoms with Crippen molar-refractivity contribution in [2.45, 2.75) is 13.0 Å². The lowest BCUT2D eigenvalue weighted by atomic mass is 10.1. The summed E-state index contributed by atoms with van der Waals surface area (Å²) in [5.41, 5.74) is 6.76. The molecule has 1 aromatic heterocycles. The Morgan fingerprint density at radius 3 is 2.83 bits per heavy atom. The molecular weight excluding hydrogens is 258 g/mol. The minimum Gasteiger partial charge on any atom is -0.474 e. The molecule has 1 aromatic rings. The smallest absolute Gasteiger partial charge is 0.394 e. The first-order valence-electron chi connectivity index (χ1n) is 5.11. The molecule has 2 heterocycles. The summed E-state index contributed by atoms with van der Waals surface area (Å²) in [6, 6.07) is 0. The molecule has 0 spiro atoms. The van der Waals surface area contributed by atoms with E-state index in [2.05, 4.69) is 5.32 Å². The molecule has 1 amide bonds. The largest absolute Gasteiger partial charge is 0.474 e. The number of nitrogen functional groups attached to an aromatic ring is 1. The predicted octanol–water partition coefficient (Wildman–Crippen LogP) is 0.128. The summed E-state index contributed by atoms with van der Waals surface area (Å²) in [5.74, 6) is -2.90. The van der Waals surface area contributed by atoms with Crippen molar-refractivity contribution in [3.63, 3.8) is 0 Å². The molecule has 1 aliphatic rings. The monoisotopic (exact) mass is 269 g/mol. The van der Waals surface area contributed by atoms with E-state index in [1.54, 1.807) is 0 Å². The molecule has 0 aliphatic carbocycles. The van der Waals surface area contributed by atoms with Crippen molar-refractivity contribution in [2.24, 2.45) is 5.73 Å². The van der Waals surface area contributed by atoms with E-state index in [9.17, 15) is 9.59 Å². The highest BCUT2D eigenvalue weighted by Gasteiger charge is 2.25. The number of carboxylic acids is 1. The van der Waals surface area contributed by atoms with Crippen LogP contribution in [0.1, 0.15) is 16.0 Å². The van der Waals surface area contributed by atoms with Crippen LogP contribution in [0.25, 0.3) is 0 Å². The van der Waals surface area contributed by atoms with Crippen LogP contribution in [0.3, 0.4) is 0 Å². The summed E-state index contributed by atoms with van der Waals surface area (Å²) in [5, 5.41) is 18.6. The first kappa shape index (κ1) is 12.5. The molecule has 0 saturated carbocycles. The molecule has 8 heteroatoms. The van der Waals surface area contributed by atoms with Gasteiger partial charge in [0.1, 0.15) is 10.8 Å². The van der Waals surface area contributed by atoms with E-state index in [-0.39, 0.29) is 5.84 Å². The van der Waals surface area contributed by atoms with Gasteiger partial charge in [0.25, 0.3) is 0 Å². The second kappa shape index (κ2) is 4.75. The minimum atomic E-state index is -1.58. The molecule has 2 rings (SSSR count). The van der Waals surface area contributed by atoms with Crippen LogP contribution in [-0.4, -0.2) is 29.4 Å². The number of ether oxygens (including phenoxy) is 1. The second-order valence-electron chi connectivity index (χ2n) is 3.68. The number of amides is 1. The summed E-state index contributed by atoms with van der Waals surface area (Å²) in [6.07, 6.45) is 0.601. The summed E-state index contributed by atoms with van der Waals surface area (Å²) in [4.78, 5) is 22.5. The average Bonchev–Trinajstić information content (AvgIpc) is 2.66. The molecule has 7 nitrogen and oxygen atoms in total. The Morgan fingerprint density at radius 2 is 2.22 bits per heavy atom. The van der Waals surface area contributed by atoms with Gasteiger partial charge in [0.2, 0.25) is 0 Å². The maximum atomic E-state index is 11.2. The second-order valence-corrected chi connectivity index (χ2v) is 4.79. The SMILES string of the molecule is N=C(N)c1c(NC(=O)C(=O)O)sc2c1CCOC2. The topological polar surface area (TPSA) is 126 Å². The van der Waals surface area contributed by atoms with E-state index >= 15 is 0 Å². The van der Waals surface area contributed by atoms with E-state index in [1.165, 1.54) is 11.3 Å². The predicted molar refractivity (Wildman–Crippen MR) is 65.0 cm³/mol. The zero-order chi connectivity index (χ0) is 13.3. The fraction of sp³-hybridized carbons (Fsp3) is 0.300. The molecule has 0 unspecified atom stereocenters. The van der Waals surface area contributed by atoms with Crippen LogP contribution in [-0.2, 0) is 27.4 Å². The van der Waals surface area contributed by atoms with Gasteiger partial charge in [-0.25, -0.2) is 4.79 Å². The van der Waals surface area contributed by atoms with Crippen molar-refractivity contribution < 1.29 is 19.4 Å². The van der Waals surface area contributed by atoms with Crippen molar-refractivity contribution in [1.29, 1.82) is 5.41 Å². The van der Waals surface area contributed by atoms with Gasteiger partial charge in [-0.2, -0.15) is 0 Å². The number of anilines is 1. The van der Waals surface area contributed by atoms with Crippen LogP contribution < -0.4 is 11.1 Å². The van der Waals surface area contributed by atoms with E-state index in [1.807, 2.05) is 0 Å². The Hall–Kier alpha value is -1.93. The van der Waals surface area contributed by atoms with Crippen molar-refractivity contribution in [2.75, 3.05) is 11.9 Å². The zero-order valence-corrected chi connectivity index (χ0v) is 10.1. The van der Waals surface area contributed by atoms with Crippen LogP contribution in [0.15, 0.2) is 0 Å². The van der Waals surface area contributed by atoms with Crippen LogP contribution in [0.2, 0.25) is 0 Å². The number of rotatable bonds is 2. The third-order valence-electron chi connectivity index (χ3n) is 2.51. The fourth-order valence-corrected chi connectivity index (χ4v) is 2.96. The standard InChI is InChI=1S/C10H11N3O4S/c11-7(12)6-4-1-2-17-3-5(4)18-9(6)13-8(14)10(15)16/h1-3H2,(H3,11,12)(H,13,14)(H,15,16). The van der Waals surface area contributed by atoms with Gasteiger partial charge in [-0.05, 0) is 12.0 Å². The third kappa shape index (κ3) is 2.20. The van der Waals surface area contributed by atoms with Crippen molar-refractivity contribution in [3.05, 3.63) is 16.0 Å². The number of hydrogen-bond donors (Lipinski definition) is 4. The lowest BCUT2D eigenvalue weighted by Crippen LogP contribution is -2.24. The number of carbonyl (C=O) groups excluding carboxylic acids is 1. The highest BCUT2D eigenvalue weighted by atomic mass is 32.1. The summed E-state index contributed by atoms with van der Waals surface area (Å²) in [6.45, 7) is 0.916. The Balaban J connectivity index is 2.40. The maximum Gasteiger partial charge on any atom is 0.394 e. The number of aliphatic carboxylic acids is 1. The van der Waals surface area contributed by atoms with Gasteiger partial charge in [0.15, 0.2) is 0 Å². The van der Waals surface area contributed by atoms with E-state index in [0.29, 0.717) is 30.2 Å². The van der Waals surface area contributed by atoms with Gasteiger partial charge in [-0.15, -0.1) is 11.3 Å². The van der Waals surface area contributed by atoms with E-state index < -0.39 is 11.9 Å². The van der Waals surface area contributed by atoms with Gasteiger partial charge in [-0.3, -0.25) is 10.2 Å². The minimum absolute atomic E-state index is 0.185. The molecule has 0 bridgehead atoms. The van der Waals surface area contributed by atoms with Gasteiger partial charge >= 0.3 is 11.9 Å². The quantitative estimate of drug-likeness (QED) is 0.345. The van der Waals surface area contributed by atoms with Gasteiger partial charge in [-0.1, -0.05) is 0 Å². The molecular formula is C10H11N3O4S. The Labute approximate surface area is 106 Å². The van der Waals surface area contributed by atoms with Crippen LogP contribution in [0.4, 0.5) is 5.00 Å². The van der Waals surface area contributed by atoms with E-state index in [0.717, 1.165) is 10.4 Å². The number of amidine groups is 1. The van der Waals surface area contributed by atoms with Crippen LogP contribution in [0, 0.1) is 5.41 Å². The molecule has 0 saturated heterocycles. The first-order chi connectivity index (χ1) is 8.50. The zero-order valence-electron chi connectivity index (χ0n) is 9.28. The first-order valence-corrected chi connectivity index (χ1v) is 5.93. The van der Waals surface area contributed by atoms with E-state index in [4.69, 9.17) is 21.0 Å². The summed E-state index contributed by atoms with van der Waals surface area (Å²) in [7, 11) is 0. The molecule has 0 fully saturated rings. The molecule has 5 N–H and O–H groups in total. The highest BCUT2D eigenvalue weighted by molar-refractivity contribution is 7.17. The van der Waals surface area contributed by atoms with Gasteiger partial charge in [0.05, 0.1) is 18.8 Å². The number of nitrogens with one attached hydrogen (secondary N) is 2. The molecule has 0 radical (unpaired) electrons.